The van der Waals surface area contributed by atoms with Crippen LogP contribution >= 0.6 is 0 Å². The van der Waals surface area contributed by atoms with Gasteiger partial charge in [-0.25, -0.2) is 4.39 Å². The highest BCUT2D eigenvalue weighted by Gasteiger charge is 2.11. The molecule has 0 unspecified atom stereocenters. The van der Waals surface area contributed by atoms with Crippen molar-refractivity contribution < 1.29 is 23.4 Å². The van der Waals surface area contributed by atoms with Gasteiger partial charge >= 0.3 is 0 Å². The molecule has 0 saturated heterocycles. The molecular formula is C39H38FNO4. The zero-order chi connectivity index (χ0) is 31.4. The molecule has 5 aromatic rings. The molecule has 6 heteroatoms. The molecule has 1 N–H and O–H groups in total. The van der Waals surface area contributed by atoms with Gasteiger partial charge < -0.3 is 19.5 Å². The quantitative estimate of drug-likeness (QED) is 0.129. The van der Waals surface area contributed by atoms with Gasteiger partial charge in [-0.05, 0) is 102 Å². The average molecular weight is 604 g/mol. The van der Waals surface area contributed by atoms with Crippen molar-refractivity contribution in [2.75, 3.05) is 6.54 Å². The van der Waals surface area contributed by atoms with Crippen LogP contribution in [0.15, 0.2) is 115 Å². The molecule has 0 radical (unpaired) electrons. The number of carbonyl (C=O) groups is 1. The van der Waals surface area contributed by atoms with Crippen LogP contribution in [0.25, 0.3) is 11.1 Å². The van der Waals surface area contributed by atoms with Gasteiger partial charge in [-0.2, -0.15) is 0 Å². The van der Waals surface area contributed by atoms with Crippen molar-refractivity contribution in [2.24, 2.45) is 0 Å². The van der Waals surface area contributed by atoms with Gasteiger partial charge in [-0.1, -0.05) is 66.7 Å². The van der Waals surface area contributed by atoms with E-state index in [1.54, 1.807) is 12.1 Å². The molecule has 0 spiro atoms. The lowest BCUT2D eigenvalue weighted by molar-refractivity contribution is -0.118. The highest BCUT2D eigenvalue weighted by atomic mass is 19.1. The molecule has 0 aliphatic heterocycles. The van der Waals surface area contributed by atoms with Gasteiger partial charge in [0.25, 0.3) is 0 Å². The van der Waals surface area contributed by atoms with Crippen LogP contribution in [-0.4, -0.2) is 12.5 Å². The summed E-state index contributed by atoms with van der Waals surface area (Å²) in [6.07, 6.45) is 2.58. The summed E-state index contributed by atoms with van der Waals surface area (Å²) in [5.41, 5.74) is 6.71. The Morgan fingerprint density at radius 3 is 2.29 bits per heavy atom. The average Bonchev–Trinajstić information content (AvgIpc) is 3.05. The maximum Gasteiger partial charge on any atom is 0.216 e. The van der Waals surface area contributed by atoms with E-state index >= 15 is 0 Å². The molecule has 0 heterocycles. The van der Waals surface area contributed by atoms with E-state index in [1.165, 1.54) is 35.7 Å². The first kappa shape index (κ1) is 31.3. The Labute approximate surface area is 264 Å². The summed E-state index contributed by atoms with van der Waals surface area (Å²) >= 11 is 0. The lowest BCUT2D eigenvalue weighted by atomic mass is 9.97. The third-order valence-electron chi connectivity index (χ3n) is 7.55. The minimum Gasteiger partial charge on any atom is -0.489 e. The molecule has 0 saturated carbocycles. The second kappa shape index (κ2) is 15.6. The number of rotatable bonds is 14. The van der Waals surface area contributed by atoms with E-state index in [2.05, 4.69) is 60.8 Å². The zero-order valence-electron chi connectivity index (χ0n) is 25.7. The Morgan fingerprint density at radius 1 is 0.711 bits per heavy atom. The van der Waals surface area contributed by atoms with Crippen LogP contribution in [0.4, 0.5) is 4.39 Å². The standard InChI is InChI=1S/C39H38FNO4/c1-28-33(14-9-16-38(28)31-11-4-3-5-12-31)27-43-36-20-17-32(13-6-7-23-41-29(2)42)39(25-36)44-26-30-10-8-15-37(24-30)45-35-21-18-34(40)19-22-35/h3-5,8-12,14-22,24-25H,6-7,13,23,26-27H2,1-2H3,(H,41,42). The van der Waals surface area contributed by atoms with Gasteiger partial charge in [0, 0.05) is 19.5 Å². The van der Waals surface area contributed by atoms with Gasteiger partial charge in [0.2, 0.25) is 5.91 Å². The Bertz CT molecular complexity index is 1700. The smallest absolute Gasteiger partial charge is 0.216 e. The maximum absolute atomic E-state index is 13.3. The Hall–Kier alpha value is -5.10. The molecule has 0 bridgehead atoms. The fraction of sp³-hybridized carbons (Fsp3) is 0.205. The fourth-order valence-electron chi connectivity index (χ4n) is 5.10. The number of hydrogen-bond donors (Lipinski definition) is 1. The minimum absolute atomic E-state index is 0.0179. The number of unbranched alkanes of at least 4 members (excludes halogenated alkanes) is 1. The summed E-state index contributed by atoms with van der Waals surface area (Å²) in [5.74, 6) is 2.36. The van der Waals surface area contributed by atoms with Crippen LogP contribution in [0.1, 0.15) is 42.0 Å². The summed E-state index contributed by atoms with van der Waals surface area (Å²) in [6, 6.07) is 36.3. The first-order chi connectivity index (χ1) is 21.9. The Kier molecular flexibility index (Phi) is 10.8. The van der Waals surface area contributed by atoms with Crippen LogP contribution in [-0.2, 0) is 24.4 Å². The molecule has 5 rings (SSSR count). The van der Waals surface area contributed by atoms with Gasteiger partial charge in [-0.15, -0.1) is 0 Å². The second-order valence-corrected chi connectivity index (χ2v) is 10.9. The van der Waals surface area contributed by atoms with Gasteiger partial charge in [0.15, 0.2) is 0 Å². The van der Waals surface area contributed by atoms with Gasteiger partial charge in [0.05, 0.1) is 0 Å². The number of benzene rings is 5. The Morgan fingerprint density at radius 2 is 1.49 bits per heavy atom. The molecule has 0 aliphatic rings. The van der Waals surface area contributed by atoms with Crippen molar-refractivity contribution in [1.29, 1.82) is 0 Å². The van der Waals surface area contributed by atoms with Crippen molar-refractivity contribution in [2.45, 2.75) is 46.3 Å². The first-order valence-corrected chi connectivity index (χ1v) is 15.2. The van der Waals surface area contributed by atoms with E-state index in [4.69, 9.17) is 14.2 Å². The van der Waals surface area contributed by atoms with Crippen molar-refractivity contribution in [3.05, 3.63) is 143 Å². The number of carbonyl (C=O) groups excluding carboxylic acids is 1. The first-order valence-electron chi connectivity index (χ1n) is 15.2. The summed E-state index contributed by atoms with van der Waals surface area (Å²) in [5, 5.41) is 2.86. The number of amides is 1. The summed E-state index contributed by atoms with van der Waals surface area (Å²) in [7, 11) is 0. The maximum atomic E-state index is 13.3. The van der Waals surface area contributed by atoms with E-state index in [0.717, 1.165) is 47.5 Å². The summed E-state index contributed by atoms with van der Waals surface area (Å²) < 4.78 is 31.9. The number of nitrogens with one attached hydrogen (secondary N) is 1. The summed E-state index contributed by atoms with van der Waals surface area (Å²) in [6.45, 7) is 5.08. The molecule has 0 aromatic heterocycles. The van der Waals surface area contributed by atoms with E-state index in [1.807, 2.05) is 42.5 Å². The minimum atomic E-state index is -0.308. The normalized spacial score (nSPS) is 10.7. The zero-order valence-corrected chi connectivity index (χ0v) is 25.7. The summed E-state index contributed by atoms with van der Waals surface area (Å²) in [4.78, 5) is 11.2. The molecule has 45 heavy (non-hydrogen) atoms. The van der Waals surface area contributed by atoms with Crippen LogP contribution in [0.2, 0.25) is 0 Å². The lowest BCUT2D eigenvalue weighted by Gasteiger charge is -2.16. The highest BCUT2D eigenvalue weighted by molar-refractivity contribution is 5.72. The highest BCUT2D eigenvalue weighted by Crippen LogP contribution is 2.30. The van der Waals surface area contributed by atoms with Crippen molar-refractivity contribution in [3.63, 3.8) is 0 Å². The van der Waals surface area contributed by atoms with Crippen LogP contribution in [0.3, 0.4) is 0 Å². The van der Waals surface area contributed by atoms with Crippen LogP contribution in [0.5, 0.6) is 23.0 Å². The molecule has 5 aromatic carbocycles. The van der Waals surface area contributed by atoms with E-state index in [9.17, 15) is 9.18 Å². The molecule has 0 fully saturated rings. The molecule has 230 valence electrons. The SMILES string of the molecule is CC(=O)NCCCCc1ccc(OCc2cccc(-c3ccccc3)c2C)cc1OCc1cccc(Oc2ccc(F)cc2)c1. The van der Waals surface area contributed by atoms with Gasteiger partial charge in [-0.3, -0.25) is 4.79 Å². The topological polar surface area (TPSA) is 56.8 Å². The second-order valence-electron chi connectivity index (χ2n) is 10.9. The third kappa shape index (κ3) is 9.19. The number of halogens is 1. The van der Waals surface area contributed by atoms with Crippen molar-refractivity contribution in [3.8, 4) is 34.1 Å². The molecule has 1 amide bonds. The largest absolute Gasteiger partial charge is 0.489 e. The monoisotopic (exact) mass is 603 g/mol. The molecule has 5 nitrogen and oxygen atoms in total. The predicted octanol–water partition coefficient (Wildman–Crippen LogP) is 9.21. The van der Waals surface area contributed by atoms with Crippen molar-refractivity contribution >= 4 is 5.91 Å². The molecule has 0 atom stereocenters. The molecule has 0 aliphatic carbocycles. The van der Waals surface area contributed by atoms with Crippen molar-refractivity contribution in [1.82, 2.24) is 5.32 Å². The number of ether oxygens (including phenoxy) is 3. The lowest BCUT2D eigenvalue weighted by Crippen LogP contribution is -2.20. The predicted molar refractivity (Wildman–Crippen MR) is 176 cm³/mol. The van der Waals surface area contributed by atoms with Crippen LogP contribution in [0, 0.1) is 12.7 Å². The molecular weight excluding hydrogens is 565 g/mol. The van der Waals surface area contributed by atoms with Gasteiger partial charge in [0.1, 0.15) is 42.0 Å². The number of aryl methyl sites for hydroxylation is 1. The van der Waals surface area contributed by atoms with E-state index < -0.39 is 0 Å². The Balaban J connectivity index is 1.29. The van der Waals surface area contributed by atoms with E-state index in [-0.39, 0.29) is 11.7 Å². The van der Waals surface area contributed by atoms with E-state index in [0.29, 0.717) is 31.3 Å². The number of hydrogen-bond acceptors (Lipinski definition) is 4. The fourth-order valence-corrected chi connectivity index (χ4v) is 5.10. The van der Waals surface area contributed by atoms with Crippen LogP contribution < -0.4 is 19.5 Å². The third-order valence-corrected chi connectivity index (χ3v) is 7.55.